The topological polar surface area (TPSA) is 128 Å². The first kappa shape index (κ1) is 21.6. The van der Waals surface area contributed by atoms with E-state index in [1.54, 1.807) is 19.1 Å². The molecule has 0 saturated heterocycles. The summed E-state index contributed by atoms with van der Waals surface area (Å²) in [4.78, 5) is 34.9. The molecule has 0 unspecified atom stereocenters. The average molecular weight is 386 g/mol. The van der Waals surface area contributed by atoms with Crippen molar-refractivity contribution in [2.75, 3.05) is 20.8 Å². The quantitative estimate of drug-likeness (QED) is 0.592. The molecule has 0 fully saturated rings. The highest BCUT2D eigenvalue weighted by atomic mass is 32.2. The molecule has 0 aliphatic carbocycles. The molecule has 0 bridgehead atoms. The minimum atomic E-state index is -3.91. The molecule has 26 heavy (non-hydrogen) atoms. The van der Waals surface area contributed by atoms with Crippen LogP contribution in [-0.2, 0) is 33.9 Å². The molecule has 0 aromatic heterocycles. The third-order valence-corrected chi connectivity index (χ3v) is 5.02. The van der Waals surface area contributed by atoms with Crippen molar-refractivity contribution in [3.63, 3.8) is 0 Å². The molecule has 1 aromatic carbocycles. The van der Waals surface area contributed by atoms with Crippen molar-refractivity contribution in [1.29, 1.82) is 0 Å². The molecule has 10 heteroatoms. The molecule has 1 aromatic rings. The van der Waals surface area contributed by atoms with Crippen molar-refractivity contribution in [2.24, 2.45) is 0 Å². The summed E-state index contributed by atoms with van der Waals surface area (Å²) in [6.45, 7) is 2.87. The van der Waals surface area contributed by atoms with Crippen LogP contribution in [0.25, 0.3) is 0 Å². The Morgan fingerprint density at radius 3 is 2.31 bits per heavy atom. The predicted octanol–water partition coefficient (Wildman–Crippen LogP) is -0.197. The molecule has 0 heterocycles. The van der Waals surface area contributed by atoms with Crippen molar-refractivity contribution in [3.05, 3.63) is 29.3 Å². The van der Waals surface area contributed by atoms with Gasteiger partial charge in [0.1, 0.15) is 6.04 Å². The Balaban J connectivity index is 2.76. The van der Waals surface area contributed by atoms with E-state index < -0.39 is 46.9 Å². The largest absolute Gasteiger partial charge is 0.469 e. The van der Waals surface area contributed by atoms with Crippen molar-refractivity contribution < 1.29 is 32.3 Å². The fraction of sp³-hybridized carbons (Fsp3) is 0.438. The maximum Gasteiger partial charge on any atom is 0.328 e. The number of benzene rings is 1. The van der Waals surface area contributed by atoms with Gasteiger partial charge >= 0.3 is 11.9 Å². The van der Waals surface area contributed by atoms with Gasteiger partial charge in [-0.2, -0.15) is 0 Å². The van der Waals surface area contributed by atoms with E-state index >= 15 is 0 Å². The van der Waals surface area contributed by atoms with Gasteiger partial charge in [-0.25, -0.2) is 17.9 Å². The number of ether oxygens (including phenoxy) is 2. The van der Waals surface area contributed by atoms with Gasteiger partial charge < -0.3 is 14.8 Å². The van der Waals surface area contributed by atoms with E-state index in [1.807, 2.05) is 6.92 Å². The van der Waals surface area contributed by atoms with Gasteiger partial charge in [0.05, 0.1) is 32.1 Å². The molecule has 1 atom stereocenters. The Morgan fingerprint density at radius 1 is 1.12 bits per heavy atom. The number of nitrogens with one attached hydrogen (secondary N) is 2. The number of amides is 1. The second-order valence-corrected chi connectivity index (χ2v) is 7.25. The second kappa shape index (κ2) is 9.30. The van der Waals surface area contributed by atoms with Crippen molar-refractivity contribution in [1.82, 2.24) is 10.0 Å². The smallest absolute Gasteiger partial charge is 0.328 e. The molecule has 0 radical (unpaired) electrons. The lowest BCUT2D eigenvalue weighted by atomic mass is 10.2. The summed E-state index contributed by atoms with van der Waals surface area (Å²) in [7, 11) is -1.68. The number of hydrogen-bond acceptors (Lipinski definition) is 7. The number of esters is 2. The van der Waals surface area contributed by atoms with Gasteiger partial charge in [-0.1, -0.05) is 17.7 Å². The van der Waals surface area contributed by atoms with Crippen LogP contribution in [0.3, 0.4) is 0 Å². The monoisotopic (exact) mass is 386 g/mol. The molecular formula is C16H22N2O7S. The Bertz CT molecular complexity index is 790. The molecule has 1 amide bonds. The van der Waals surface area contributed by atoms with Gasteiger partial charge in [0.25, 0.3) is 0 Å². The molecule has 0 saturated carbocycles. The van der Waals surface area contributed by atoms with Crippen molar-refractivity contribution >= 4 is 27.9 Å². The maximum absolute atomic E-state index is 12.3. The Labute approximate surface area is 152 Å². The first-order chi connectivity index (χ1) is 12.1. The van der Waals surface area contributed by atoms with Gasteiger partial charge in [0.2, 0.25) is 15.9 Å². The van der Waals surface area contributed by atoms with Crippen LogP contribution in [0, 0.1) is 13.8 Å². The molecule has 2 N–H and O–H groups in total. The zero-order valence-electron chi connectivity index (χ0n) is 15.0. The maximum atomic E-state index is 12.3. The van der Waals surface area contributed by atoms with Gasteiger partial charge in [-0.3, -0.25) is 9.59 Å². The van der Waals surface area contributed by atoms with Crippen LogP contribution in [0.15, 0.2) is 23.1 Å². The minimum absolute atomic E-state index is 0.0509. The highest BCUT2D eigenvalue weighted by Crippen LogP contribution is 2.15. The van der Waals surface area contributed by atoms with Gasteiger partial charge in [-0.15, -0.1) is 0 Å². The zero-order valence-corrected chi connectivity index (χ0v) is 15.8. The lowest BCUT2D eigenvalue weighted by Gasteiger charge is -2.16. The lowest BCUT2D eigenvalue weighted by Crippen LogP contribution is -2.47. The number of sulfonamides is 1. The summed E-state index contributed by atoms with van der Waals surface area (Å²) in [6, 6.07) is 3.52. The predicted molar refractivity (Wildman–Crippen MR) is 91.7 cm³/mol. The molecule has 9 nitrogen and oxygen atoms in total. The van der Waals surface area contributed by atoms with Crippen molar-refractivity contribution in [3.8, 4) is 0 Å². The fourth-order valence-corrected chi connectivity index (χ4v) is 3.38. The highest BCUT2D eigenvalue weighted by molar-refractivity contribution is 7.89. The molecule has 0 aliphatic heterocycles. The molecule has 0 spiro atoms. The number of methoxy groups -OCH3 is 2. The van der Waals surface area contributed by atoms with Crippen LogP contribution in [0.5, 0.6) is 0 Å². The van der Waals surface area contributed by atoms with E-state index in [4.69, 9.17) is 0 Å². The van der Waals surface area contributed by atoms with E-state index in [0.717, 1.165) is 19.8 Å². The summed E-state index contributed by atoms with van der Waals surface area (Å²) in [5.74, 6) is -2.37. The van der Waals surface area contributed by atoms with Crippen LogP contribution < -0.4 is 10.0 Å². The van der Waals surface area contributed by atoms with Crippen molar-refractivity contribution in [2.45, 2.75) is 31.2 Å². The third kappa shape index (κ3) is 6.12. The first-order valence-corrected chi connectivity index (χ1v) is 9.10. The summed E-state index contributed by atoms with van der Waals surface area (Å²) in [6.07, 6.45) is -0.432. The van der Waals surface area contributed by atoms with Crippen LogP contribution in [0.2, 0.25) is 0 Å². The Hall–Kier alpha value is -2.46. The summed E-state index contributed by atoms with van der Waals surface area (Å²) in [5, 5.41) is 2.24. The van der Waals surface area contributed by atoms with E-state index in [9.17, 15) is 22.8 Å². The number of aryl methyl sites for hydroxylation is 2. The third-order valence-electron chi connectivity index (χ3n) is 3.46. The lowest BCUT2D eigenvalue weighted by molar-refractivity contribution is -0.150. The van der Waals surface area contributed by atoms with Crippen LogP contribution in [0.1, 0.15) is 17.5 Å². The minimum Gasteiger partial charge on any atom is -0.469 e. The van der Waals surface area contributed by atoms with Crippen LogP contribution in [0.4, 0.5) is 0 Å². The van der Waals surface area contributed by atoms with E-state index in [1.165, 1.54) is 6.07 Å². The number of rotatable bonds is 8. The second-order valence-electron chi connectivity index (χ2n) is 5.52. The van der Waals surface area contributed by atoms with E-state index in [2.05, 4.69) is 19.5 Å². The number of carbonyl (C=O) groups is 3. The SMILES string of the molecule is COC(=O)C[C@H](NC(=O)CNS(=O)(=O)c1ccc(C)cc1C)C(=O)OC. The highest BCUT2D eigenvalue weighted by Gasteiger charge is 2.26. The summed E-state index contributed by atoms with van der Waals surface area (Å²) in [5.41, 5.74) is 1.44. The number of hydrogen-bond donors (Lipinski definition) is 2. The first-order valence-electron chi connectivity index (χ1n) is 7.61. The number of carbonyl (C=O) groups excluding carboxylic acids is 3. The Morgan fingerprint density at radius 2 is 1.77 bits per heavy atom. The van der Waals surface area contributed by atoms with Crippen LogP contribution in [-0.4, -0.2) is 53.1 Å². The molecule has 0 aliphatic rings. The molecular weight excluding hydrogens is 364 g/mol. The van der Waals surface area contributed by atoms with Gasteiger partial charge in [-0.05, 0) is 25.5 Å². The van der Waals surface area contributed by atoms with E-state index in [-0.39, 0.29) is 4.90 Å². The standard InChI is InChI=1S/C16H22N2O7S/c1-10-5-6-13(11(2)7-10)26(22,23)17-9-14(19)18-12(16(21)25-4)8-15(20)24-3/h5-7,12,17H,8-9H2,1-4H3,(H,18,19)/t12-/m0/s1. The fourth-order valence-electron chi connectivity index (χ4n) is 2.17. The average Bonchev–Trinajstić information content (AvgIpc) is 2.58. The molecule has 144 valence electrons. The van der Waals surface area contributed by atoms with Gasteiger partial charge in [0, 0.05) is 0 Å². The zero-order chi connectivity index (χ0) is 19.9. The Kier molecular flexibility index (Phi) is 7.72. The van der Waals surface area contributed by atoms with Crippen LogP contribution >= 0.6 is 0 Å². The normalized spacial score (nSPS) is 12.2. The van der Waals surface area contributed by atoms with Gasteiger partial charge in [0.15, 0.2) is 0 Å². The summed E-state index contributed by atoms with van der Waals surface area (Å²) >= 11 is 0. The summed E-state index contributed by atoms with van der Waals surface area (Å²) < 4.78 is 35.7. The van der Waals surface area contributed by atoms with E-state index in [0.29, 0.717) is 5.56 Å². The molecule has 1 rings (SSSR count).